The molecule has 3 aromatic rings. The van der Waals surface area contributed by atoms with Crippen LogP contribution in [0.5, 0.6) is 11.5 Å². The predicted octanol–water partition coefficient (Wildman–Crippen LogP) is 3.89. The summed E-state index contributed by atoms with van der Waals surface area (Å²) in [4.78, 5) is 42.6. The van der Waals surface area contributed by atoms with Gasteiger partial charge in [0, 0.05) is 12.1 Å². The van der Waals surface area contributed by atoms with Crippen molar-refractivity contribution in [3.8, 4) is 11.5 Å². The number of hydrogen-bond acceptors (Lipinski definition) is 9. The molecule has 10 nitrogen and oxygen atoms in total. The first-order valence-corrected chi connectivity index (χ1v) is 13.4. The van der Waals surface area contributed by atoms with Crippen molar-refractivity contribution in [3.63, 3.8) is 0 Å². The van der Waals surface area contributed by atoms with Gasteiger partial charge in [0.15, 0.2) is 16.3 Å². The van der Waals surface area contributed by atoms with E-state index >= 15 is 0 Å². The highest BCUT2D eigenvalue weighted by Gasteiger charge is 2.34. The Hall–Kier alpha value is -4.25. The van der Waals surface area contributed by atoms with Crippen molar-refractivity contribution in [2.75, 3.05) is 20.3 Å². The van der Waals surface area contributed by atoms with E-state index < -0.39 is 16.9 Å². The zero-order valence-electron chi connectivity index (χ0n) is 22.1. The number of nitro benzene ring substituents is 1. The summed E-state index contributed by atoms with van der Waals surface area (Å²) in [5.74, 6) is 0.463. The van der Waals surface area contributed by atoms with E-state index in [0.29, 0.717) is 44.3 Å². The first-order chi connectivity index (χ1) is 18.8. The van der Waals surface area contributed by atoms with Crippen LogP contribution in [0.25, 0.3) is 6.08 Å². The van der Waals surface area contributed by atoms with E-state index in [1.807, 2.05) is 0 Å². The second-order valence-electron chi connectivity index (χ2n) is 8.77. The summed E-state index contributed by atoms with van der Waals surface area (Å²) in [6.07, 6.45) is 3.46. The molecule has 1 aromatic heterocycles. The van der Waals surface area contributed by atoms with Crippen LogP contribution in [0, 0.1) is 10.1 Å². The molecule has 204 valence electrons. The number of thiazole rings is 1. The Morgan fingerprint density at radius 3 is 2.69 bits per heavy atom. The number of nitro groups is 1. The third-order valence-corrected chi connectivity index (χ3v) is 7.14. The molecule has 2 aromatic carbocycles. The quantitative estimate of drug-likeness (QED) is 0.162. The molecule has 0 saturated carbocycles. The van der Waals surface area contributed by atoms with Gasteiger partial charge < -0.3 is 14.2 Å². The fourth-order valence-electron chi connectivity index (χ4n) is 4.29. The van der Waals surface area contributed by atoms with Gasteiger partial charge in [-0.3, -0.25) is 19.5 Å². The molecule has 0 bridgehead atoms. The minimum atomic E-state index is -0.828. The molecule has 0 fully saturated rings. The molecule has 0 amide bonds. The number of allylic oxidation sites excluding steroid dienone is 1. The number of hydrogen-bond donors (Lipinski definition) is 0. The van der Waals surface area contributed by atoms with Gasteiger partial charge >= 0.3 is 5.97 Å². The summed E-state index contributed by atoms with van der Waals surface area (Å²) >= 11 is 1.14. The third kappa shape index (κ3) is 5.78. The van der Waals surface area contributed by atoms with Crippen LogP contribution in [0.1, 0.15) is 50.8 Å². The summed E-state index contributed by atoms with van der Waals surface area (Å²) in [6, 6.07) is 10.5. The lowest BCUT2D eigenvalue weighted by Gasteiger charge is -2.25. The Labute approximate surface area is 228 Å². The number of benzene rings is 2. The van der Waals surface area contributed by atoms with Crippen molar-refractivity contribution < 1.29 is 23.9 Å². The number of methoxy groups -OCH3 is 1. The lowest BCUT2D eigenvalue weighted by molar-refractivity contribution is -0.384. The van der Waals surface area contributed by atoms with Crippen LogP contribution in [0.15, 0.2) is 63.5 Å². The number of esters is 1. The van der Waals surface area contributed by atoms with Crippen molar-refractivity contribution in [2.45, 2.75) is 39.7 Å². The maximum atomic E-state index is 13.8. The zero-order valence-corrected chi connectivity index (χ0v) is 22.9. The zero-order chi connectivity index (χ0) is 28.1. The molecule has 39 heavy (non-hydrogen) atoms. The molecule has 1 aliphatic rings. The SMILES string of the molecule is CCCCOc1ccc(C2C(C(=O)OCC)=C(C)N=c3sc(=Cc4cccc([N+](=O)[O-])c4)c(=O)n32)cc1OC. The van der Waals surface area contributed by atoms with E-state index in [2.05, 4.69) is 11.9 Å². The van der Waals surface area contributed by atoms with Gasteiger partial charge in [-0.05, 0) is 49.6 Å². The number of aromatic nitrogens is 1. The molecule has 1 unspecified atom stereocenters. The minimum Gasteiger partial charge on any atom is -0.493 e. The first-order valence-electron chi connectivity index (χ1n) is 12.5. The van der Waals surface area contributed by atoms with Crippen LogP contribution >= 0.6 is 11.3 Å². The van der Waals surface area contributed by atoms with Crippen LogP contribution in [0.2, 0.25) is 0 Å². The molecule has 2 heterocycles. The van der Waals surface area contributed by atoms with Gasteiger partial charge in [-0.1, -0.05) is 42.9 Å². The number of unbranched alkanes of at least 4 members (excludes halogenated alkanes) is 1. The highest BCUT2D eigenvalue weighted by molar-refractivity contribution is 7.07. The van der Waals surface area contributed by atoms with E-state index in [9.17, 15) is 19.7 Å². The van der Waals surface area contributed by atoms with Crippen LogP contribution in [0.4, 0.5) is 5.69 Å². The average Bonchev–Trinajstić information content (AvgIpc) is 3.22. The van der Waals surface area contributed by atoms with E-state index in [-0.39, 0.29) is 23.4 Å². The summed E-state index contributed by atoms with van der Waals surface area (Å²) < 4.78 is 18.6. The minimum absolute atomic E-state index is 0.0804. The second kappa shape index (κ2) is 12.1. The van der Waals surface area contributed by atoms with E-state index in [0.717, 1.165) is 24.2 Å². The molecule has 0 radical (unpaired) electrons. The maximum absolute atomic E-state index is 13.8. The van der Waals surface area contributed by atoms with Gasteiger partial charge in [0.05, 0.1) is 47.1 Å². The lowest BCUT2D eigenvalue weighted by atomic mass is 9.95. The standard InChI is InChI=1S/C28H29N3O7S/c1-5-7-13-38-21-12-11-19(16-22(21)36-4)25-24(27(33)37-6-2)17(3)29-28-30(25)26(32)23(39-28)15-18-9-8-10-20(14-18)31(34)35/h8-12,14-16,25H,5-7,13H2,1-4H3. The van der Waals surface area contributed by atoms with Crippen LogP contribution in [-0.2, 0) is 9.53 Å². The summed E-state index contributed by atoms with van der Waals surface area (Å²) in [5.41, 5.74) is 1.34. The largest absolute Gasteiger partial charge is 0.493 e. The van der Waals surface area contributed by atoms with E-state index in [1.165, 1.54) is 23.8 Å². The van der Waals surface area contributed by atoms with Crippen LogP contribution < -0.4 is 24.4 Å². The molecule has 1 atom stereocenters. The number of rotatable bonds is 10. The fourth-order valence-corrected chi connectivity index (χ4v) is 5.33. The lowest BCUT2D eigenvalue weighted by Crippen LogP contribution is -2.40. The monoisotopic (exact) mass is 551 g/mol. The van der Waals surface area contributed by atoms with Crippen molar-refractivity contribution in [3.05, 3.63) is 94.7 Å². The maximum Gasteiger partial charge on any atom is 0.338 e. The number of nitrogens with zero attached hydrogens (tertiary/aromatic N) is 3. The second-order valence-corrected chi connectivity index (χ2v) is 9.78. The number of carbonyl (C=O) groups excluding carboxylic acids is 1. The Morgan fingerprint density at radius 1 is 1.21 bits per heavy atom. The van der Waals surface area contributed by atoms with E-state index in [1.54, 1.807) is 50.3 Å². The predicted molar refractivity (Wildman–Crippen MR) is 147 cm³/mol. The third-order valence-electron chi connectivity index (χ3n) is 6.15. The Bertz CT molecular complexity index is 1620. The van der Waals surface area contributed by atoms with Crippen molar-refractivity contribution >= 4 is 29.1 Å². The normalized spacial score (nSPS) is 15.0. The molecule has 0 spiro atoms. The van der Waals surface area contributed by atoms with Gasteiger partial charge in [0.25, 0.3) is 11.2 Å². The first kappa shape index (κ1) is 27.8. The molecule has 0 aliphatic carbocycles. The summed E-state index contributed by atoms with van der Waals surface area (Å²) in [6.45, 7) is 6.18. The summed E-state index contributed by atoms with van der Waals surface area (Å²) in [7, 11) is 1.53. The molecular weight excluding hydrogens is 522 g/mol. The topological polar surface area (TPSA) is 122 Å². The van der Waals surface area contributed by atoms with Crippen molar-refractivity contribution in [1.82, 2.24) is 4.57 Å². The van der Waals surface area contributed by atoms with Gasteiger partial charge in [-0.2, -0.15) is 0 Å². The van der Waals surface area contributed by atoms with Crippen molar-refractivity contribution in [1.29, 1.82) is 0 Å². The van der Waals surface area contributed by atoms with Gasteiger partial charge in [0.2, 0.25) is 0 Å². The molecule has 4 rings (SSSR count). The summed E-state index contributed by atoms with van der Waals surface area (Å²) in [5, 5.41) is 11.2. The Morgan fingerprint density at radius 2 is 2.00 bits per heavy atom. The average molecular weight is 552 g/mol. The Kier molecular flexibility index (Phi) is 8.60. The molecule has 1 aliphatic heterocycles. The highest BCUT2D eigenvalue weighted by atomic mass is 32.1. The Balaban J connectivity index is 1.89. The molecule has 11 heteroatoms. The molecule has 0 N–H and O–H groups in total. The van der Waals surface area contributed by atoms with Crippen molar-refractivity contribution in [2.24, 2.45) is 4.99 Å². The van der Waals surface area contributed by atoms with E-state index in [4.69, 9.17) is 14.2 Å². The number of carbonyl (C=O) groups is 1. The van der Waals surface area contributed by atoms with Gasteiger partial charge in [0.1, 0.15) is 0 Å². The fraction of sp³-hybridized carbons (Fsp3) is 0.321. The number of fused-ring (bicyclic) bond motifs is 1. The van der Waals surface area contributed by atoms with Crippen LogP contribution in [-0.4, -0.2) is 35.8 Å². The number of ether oxygens (including phenoxy) is 3. The van der Waals surface area contributed by atoms with Crippen LogP contribution in [0.3, 0.4) is 0 Å². The number of non-ortho nitro benzene ring substituents is 1. The molecular formula is C28H29N3O7S. The smallest absolute Gasteiger partial charge is 0.338 e. The highest BCUT2D eigenvalue weighted by Crippen LogP contribution is 2.36. The molecule has 0 saturated heterocycles. The van der Waals surface area contributed by atoms with Gasteiger partial charge in [-0.25, -0.2) is 9.79 Å². The van der Waals surface area contributed by atoms with Gasteiger partial charge in [-0.15, -0.1) is 0 Å².